The molecule has 0 bridgehead atoms. The van der Waals surface area contributed by atoms with Gasteiger partial charge in [-0.1, -0.05) is 65.2 Å². The number of unbranched alkanes of at least 4 members (excludes halogenated alkanes) is 9. The van der Waals surface area contributed by atoms with Crippen LogP contribution >= 0.6 is 0 Å². The van der Waals surface area contributed by atoms with Crippen molar-refractivity contribution in [3.8, 4) is 0 Å². The lowest BCUT2D eigenvalue weighted by molar-refractivity contribution is -0.925. The van der Waals surface area contributed by atoms with Crippen LogP contribution in [0.1, 0.15) is 98.3 Å². The van der Waals surface area contributed by atoms with Crippen LogP contribution in [0.3, 0.4) is 0 Å². The van der Waals surface area contributed by atoms with E-state index >= 15 is 0 Å². The van der Waals surface area contributed by atoms with Crippen LogP contribution in [-0.4, -0.2) is 36.1 Å². The van der Waals surface area contributed by atoms with Crippen LogP contribution < -0.4 is 0 Å². The average molecular weight is 302 g/mol. The summed E-state index contributed by atoms with van der Waals surface area (Å²) < 4.78 is 1.35. The summed E-state index contributed by atoms with van der Waals surface area (Å²) in [7, 11) is 0. The highest BCUT2D eigenvalue weighted by Crippen LogP contribution is 2.14. The zero-order valence-electron chi connectivity index (χ0n) is 15.5. The van der Waals surface area contributed by atoms with Gasteiger partial charge in [0.2, 0.25) is 0 Å². The molecule has 0 aromatic rings. The van der Waals surface area contributed by atoms with E-state index in [0.29, 0.717) is 0 Å². The van der Waals surface area contributed by atoms with Gasteiger partial charge in [0.25, 0.3) is 0 Å². The van der Waals surface area contributed by atoms with E-state index in [9.17, 15) is 0 Å². The van der Waals surface area contributed by atoms with Gasteiger partial charge in [-0.3, -0.25) is 0 Å². The largest absolute Gasteiger partial charge is 0.870 e. The Morgan fingerprint density at radius 1 is 0.476 bits per heavy atom. The fourth-order valence-corrected chi connectivity index (χ4v) is 3.38. The molecule has 0 fully saturated rings. The number of hydrogen-bond acceptors (Lipinski definition) is 1. The van der Waals surface area contributed by atoms with Gasteiger partial charge in [-0.25, -0.2) is 0 Å². The monoisotopic (exact) mass is 301 g/mol. The minimum atomic E-state index is 0. The van der Waals surface area contributed by atoms with Crippen molar-refractivity contribution < 1.29 is 9.96 Å². The van der Waals surface area contributed by atoms with Gasteiger partial charge in [-0.15, -0.1) is 0 Å². The maximum absolute atomic E-state index is 2.37. The first-order chi connectivity index (χ1) is 9.74. The van der Waals surface area contributed by atoms with E-state index in [0.717, 1.165) is 0 Å². The van der Waals surface area contributed by atoms with Crippen molar-refractivity contribution in [2.24, 2.45) is 0 Å². The summed E-state index contributed by atoms with van der Waals surface area (Å²) in [5, 5.41) is 0. The van der Waals surface area contributed by atoms with E-state index in [1.807, 2.05) is 0 Å². The normalized spacial score (nSPS) is 11.4. The average Bonchev–Trinajstić information content (AvgIpc) is 2.48. The van der Waals surface area contributed by atoms with Crippen LogP contribution in [0, 0.1) is 0 Å². The number of hydrogen-bond donors (Lipinski definition) is 0. The first-order valence-corrected chi connectivity index (χ1v) is 9.59. The van der Waals surface area contributed by atoms with E-state index in [1.54, 1.807) is 0 Å². The summed E-state index contributed by atoms with van der Waals surface area (Å²) in [6.07, 6.45) is 15.8. The van der Waals surface area contributed by atoms with E-state index in [-0.39, 0.29) is 5.48 Å². The van der Waals surface area contributed by atoms with Crippen molar-refractivity contribution in [2.75, 3.05) is 26.2 Å². The van der Waals surface area contributed by atoms with Crippen molar-refractivity contribution in [1.82, 2.24) is 0 Å². The SMILES string of the molecule is CCCCCCCCCCCC[N+](CC)(CC)CCC.[OH-]. The topological polar surface area (TPSA) is 30.0 Å². The molecule has 130 valence electrons. The molecule has 0 unspecified atom stereocenters. The minimum absolute atomic E-state index is 0. The molecular weight excluding hydrogens is 258 g/mol. The van der Waals surface area contributed by atoms with Gasteiger partial charge in [-0.05, 0) is 33.1 Å². The van der Waals surface area contributed by atoms with Gasteiger partial charge < -0.3 is 9.96 Å². The molecule has 0 rings (SSSR count). The zero-order chi connectivity index (χ0) is 15.1. The Labute approximate surface area is 135 Å². The van der Waals surface area contributed by atoms with Crippen LogP contribution in [0.5, 0.6) is 0 Å². The van der Waals surface area contributed by atoms with E-state index in [1.165, 1.54) is 101 Å². The Morgan fingerprint density at radius 3 is 1.29 bits per heavy atom. The number of nitrogens with zero attached hydrogens (tertiary/aromatic N) is 1. The van der Waals surface area contributed by atoms with Crippen LogP contribution in [0.15, 0.2) is 0 Å². The predicted molar refractivity (Wildman–Crippen MR) is 95.1 cm³/mol. The molecule has 1 N–H and O–H groups in total. The maximum atomic E-state index is 2.37. The van der Waals surface area contributed by atoms with Gasteiger partial charge in [0.1, 0.15) is 0 Å². The number of quaternary nitrogens is 1. The molecule has 0 aliphatic rings. The smallest absolute Gasteiger partial charge is 0.0786 e. The van der Waals surface area contributed by atoms with E-state index < -0.39 is 0 Å². The van der Waals surface area contributed by atoms with E-state index in [2.05, 4.69) is 27.7 Å². The molecule has 0 spiro atoms. The first-order valence-electron chi connectivity index (χ1n) is 9.59. The summed E-state index contributed by atoms with van der Waals surface area (Å²) in [5.74, 6) is 0. The lowest BCUT2D eigenvalue weighted by Crippen LogP contribution is -2.48. The Balaban J connectivity index is 0. The molecule has 0 heterocycles. The molecule has 0 aromatic carbocycles. The van der Waals surface area contributed by atoms with Crippen LogP contribution in [0.2, 0.25) is 0 Å². The summed E-state index contributed by atoms with van der Waals surface area (Å²) in [5.41, 5.74) is 0. The van der Waals surface area contributed by atoms with Gasteiger partial charge in [0.05, 0.1) is 26.2 Å². The second-order valence-corrected chi connectivity index (χ2v) is 6.60. The number of rotatable bonds is 15. The Morgan fingerprint density at radius 2 is 0.905 bits per heavy atom. The Kier molecular flexibility index (Phi) is 18.0. The van der Waals surface area contributed by atoms with Crippen molar-refractivity contribution >= 4 is 0 Å². The highest BCUT2D eigenvalue weighted by atomic mass is 16.0. The third-order valence-corrected chi connectivity index (χ3v) is 5.03. The molecule has 2 nitrogen and oxygen atoms in total. The molecule has 0 saturated heterocycles. The van der Waals surface area contributed by atoms with Gasteiger partial charge in [0.15, 0.2) is 0 Å². The molecule has 0 radical (unpaired) electrons. The summed E-state index contributed by atoms with van der Waals surface area (Å²) >= 11 is 0. The predicted octanol–water partition coefficient (Wildman–Crippen LogP) is 6.00. The minimum Gasteiger partial charge on any atom is -0.870 e. The van der Waals surface area contributed by atoms with Crippen LogP contribution in [-0.2, 0) is 0 Å². The van der Waals surface area contributed by atoms with Crippen molar-refractivity contribution in [1.29, 1.82) is 0 Å². The lowest BCUT2D eigenvalue weighted by atomic mass is 10.1. The third-order valence-electron chi connectivity index (χ3n) is 5.03. The Bertz CT molecular complexity index is 190. The van der Waals surface area contributed by atoms with Crippen molar-refractivity contribution in [3.05, 3.63) is 0 Å². The third kappa shape index (κ3) is 12.2. The molecule has 0 amide bonds. The van der Waals surface area contributed by atoms with Crippen molar-refractivity contribution in [2.45, 2.75) is 98.3 Å². The highest BCUT2D eigenvalue weighted by Gasteiger charge is 2.20. The summed E-state index contributed by atoms with van der Waals surface area (Å²) in [6.45, 7) is 14.8. The molecule has 0 aliphatic carbocycles. The van der Waals surface area contributed by atoms with E-state index in [4.69, 9.17) is 0 Å². The lowest BCUT2D eigenvalue weighted by Gasteiger charge is -2.36. The second-order valence-electron chi connectivity index (χ2n) is 6.60. The Hall–Kier alpha value is -0.0800. The molecule has 0 aromatic heterocycles. The van der Waals surface area contributed by atoms with Gasteiger partial charge in [0, 0.05) is 0 Å². The maximum Gasteiger partial charge on any atom is 0.0786 e. The first kappa shape index (κ1) is 23.2. The molecule has 21 heavy (non-hydrogen) atoms. The quantitative estimate of drug-likeness (QED) is 0.269. The zero-order valence-corrected chi connectivity index (χ0v) is 15.5. The molecule has 2 heteroatoms. The molecule has 0 atom stereocenters. The van der Waals surface area contributed by atoms with Crippen LogP contribution in [0.25, 0.3) is 0 Å². The molecule has 0 saturated carbocycles. The summed E-state index contributed by atoms with van der Waals surface area (Å²) in [4.78, 5) is 0. The van der Waals surface area contributed by atoms with Crippen LogP contribution in [0.4, 0.5) is 0 Å². The standard InChI is InChI=1S/C19H42N.H2O/c1-5-9-10-11-12-13-14-15-16-17-19-20(7-3,8-4)18-6-2;/h5-19H2,1-4H3;1H2/q+1;/p-1. The van der Waals surface area contributed by atoms with Gasteiger partial charge >= 0.3 is 0 Å². The molecular formula is C19H43NO. The fourth-order valence-electron chi connectivity index (χ4n) is 3.38. The highest BCUT2D eigenvalue weighted by molar-refractivity contribution is 4.49. The molecule has 0 aliphatic heterocycles. The van der Waals surface area contributed by atoms with Gasteiger partial charge in [-0.2, -0.15) is 0 Å². The fraction of sp³-hybridized carbons (Fsp3) is 1.00. The van der Waals surface area contributed by atoms with Crippen molar-refractivity contribution in [3.63, 3.8) is 0 Å². The second kappa shape index (κ2) is 16.3. The summed E-state index contributed by atoms with van der Waals surface area (Å²) in [6, 6.07) is 0.